The van der Waals surface area contributed by atoms with Gasteiger partial charge in [-0.05, 0) is 70.0 Å². The van der Waals surface area contributed by atoms with E-state index in [9.17, 15) is 9.59 Å². The van der Waals surface area contributed by atoms with Crippen molar-refractivity contribution in [3.63, 3.8) is 0 Å². The number of halogens is 1. The van der Waals surface area contributed by atoms with Gasteiger partial charge in [-0.2, -0.15) is 5.10 Å². The minimum atomic E-state index is -0.490. The van der Waals surface area contributed by atoms with Crippen molar-refractivity contribution in [2.75, 3.05) is 17.2 Å². The Labute approximate surface area is 199 Å². The first-order valence-corrected chi connectivity index (χ1v) is 11.2. The number of para-hydroxylation sites is 1. The molecule has 1 heterocycles. The Morgan fingerprint density at radius 3 is 2.52 bits per heavy atom. The molecule has 1 atom stereocenters. The van der Waals surface area contributed by atoms with Crippen LogP contribution in [0.25, 0.3) is 0 Å². The van der Waals surface area contributed by atoms with Crippen LogP contribution in [0.15, 0.2) is 48.5 Å². The topological polar surface area (TPSA) is 85.2 Å². The molecule has 0 spiro atoms. The SMILES string of the molecule is Cc1cc(C)n(C(C)C(=O)Nc2ccc(NC(=O)CCCOc3ccccc3C)cc2Cl)n1. The lowest BCUT2D eigenvalue weighted by Gasteiger charge is -2.16. The van der Waals surface area contributed by atoms with Gasteiger partial charge in [-0.25, -0.2) is 0 Å². The van der Waals surface area contributed by atoms with Crippen LogP contribution in [-0.4, -0.2) is 28.2 Å². The highest BCUT2D eigenvalue weighted by atomic mass is 35.5. The minimum Gasteiger partial charge on any atom is -0.493 e. The highest BCUT2D eigenvalue weighted by Gasteiger charge is 2.19. The summed E-state index contributed by atoms with van der Waals surface area (Å²) in [6.07, 6.45) is 0.911. The summed E-state index contributed by atoms with van der Waals surface area (Å²) in [5.41, 5.74) is 3.86. The summed E-state index contributed by atoms with van der Waals surface area (Å²) in [5, 5.41) is 10.4. The van der Waals surface area contributed by atoms with Crippen LogP contribution in [0, 0.1) is 20.8 Å². The maximum absolute atomic E-state index is 12.6. The Bertz CT molecular complexity index is 1140. The molecule has 0 saturated carbocycles. The molecule has 0 aliphatic carbocycles. The maximum Gasteiger partial charge on any atom is 0.248 e. The first-order valence-electron chi connectivity index (χ1n) is 10.9. The second kappa shape index (κ2) is 11.0. The highest BCUT2D eigenvalue weighted by Crippen LogP contribution is 2.27. The smallest absolute Gasteiger partial charge is 0.248 e. The summed E-state index contributed by atoms with van der Waals surface area (Å²) in [6, 6.07) is 14.2. The van der Waals surface area contributed by atoms with Crippen LogP contribution in [0.3, 0.4) is 0 Å². The Balaban J connectivity index is 1.49. The first-order chi connectivity index (χ1) is 15.7. The summed E-state index contributed by atoms with van der Waals surface area (Å²) in [5.74, 6) is 0.470. The monoisotopic (exact) mass is 468 g/mol. The Morgan fingerprint density at radius 2 is 1.85 bits per heavy atom. The molecule has 0 bridgehead atoms. The summed E-state index contributed by atoms with van der Waals surface area (Å²) < 4.78 is 7.40. The fourth-order valence-electron chi connectivity index (χ4n) is 3.44. The van der Waals surface area contributed by atoms with Gasteiger partial charge >= 0.3 is 0 Å². The lowest BCUT2D eigenvalue weighted by atomic mass is 10.2. The molecule has 0 radical (unpaired) electrons. The summed E-state index contributed by atoms with van der Waals surface area (Å²) in [6.45, 7) is 8.01. The van der Waals surface area contributed by atoms with Gasteiger partial charge in [0.15, 0.2) is 0 Å². The number of anilines is 2. The van der Waals surface area contributed by atoms with Crippen molar-refractivity contribution in [2.24, 2.45) is 0 Å². The van der Waals surface area contributed by atoms with Gasteiger partial charge < -0.3 is 15.4 Å². The third kappa shape index (κ3) is 6.58. The van der Waals surface area contributed by atoms with E-state index in [2.05, 4.69) is 15.7 Å². The van der Waals surface area contributed by atoms with Crippen molar-refractivity contribution in [1.29, 1.82) is 0 Å². The van der Waals surface area contributed by atoms with Gasteiger partial charge in [0.25, 0.3) is 0 Å². The van der Waals surface area contributed by atoms with Gasteiger partial charge in [0.1, 0.15) is 11.8 Å². The number of hydrogen-bond donors (Lipinski definition) is 2. The molecule has 174 valence electrons. The molecule has 1 aromatic heterocycles. The fourth-order valence-corrected chi connectivity index (χ4v) is 3.67. The molecule has 0 saturated heterocycles. The lowest BCUT2D eigenvalue weighted by molar-refractivity contribution is -0.119. The van der Waals surface area contributed by atoms with Crippen molar-refractivity contribution in [2.45, 2.75) is 46.6 Å². The summed E-state index contributed by atoms with van der Waals surface area (Å²) >= 11 is 6.34. The Kier molecular flexibility index (Phi) is 8.11. The average molecular weight is 469 g/mol. The minimum absolute atomic E-state index is 0.130. The number of amides is 2. The molecule has 2 amide bonds. The van der Waals surface area contributed by atoms with Crippen molar-refractivity contribution < 1.29 is 14.3 Å². The number of nitrogens with zero attached hydrogens (tertiary/aromatic N) is 2. The Hall–Kier alpha value is -3.32. The van der Waals surface area contributed by atoms with Crippen molar-refractivity contribution in [3.8, 4) is 5.75 Å². The van der Waals surface area contributed by atoms with Gasteiger partial charge in [-0.3, -0.25) is 14.3 Å². The summed E-state index contributed by atoms with van der Waals surface area (Å²) in [7, 11) is 0. The van der Waals surface area contributed by atoms with Crippen molar-refractivity contribution >= 4 is 34.8 Å². The van der Waals surface area contributed by atoms with Gasteiger partial charge in [0.2, 0.25) is 11.8 Å². The molecule has 3 aromatic rings. The van der Waals surface area contributed by atoms with E-state index < -0.39 is 6.04 Å². The molecular weight excluding hydrogens is 440 g/mol. The quantitative estimate of drug-likeness (QED) is 0.408. The molecule has 0 fully saturated rings. The van der Waals surface area contributed by atoms with Crippen LogP contribution >= 0.6 is 11.6 Å². The predicted molar refractivity (Wildman–Crippen MR) is 131 cm³/mol. The van der Waals surface area contributed by atoms with Crippen LogP contribution in [0.2, 0.25) is 5.02 Å². The highest BCUT2D eigenvalue weighted by molar-refractivity contribution is 6.34. The average Bonchev–Trinajstić information content (AvgIpc) is 3.11. The maximum atomic E-state index is 12.6. The zero-order valence-corrected chi connectivity index (χ0v) is 20.1. The molecule has 2 N–H and O–H groups in total. The fraction of sp³-hybridized carbons (Fsp3) is 0.320. The molecule has 33 heavy (non-hydrogen) atoms. The number of hydrogen-bond acceptors (Lipinski definition) is 4. The van der Waals surface area contributed by atoms with Crippen LogP contribution < -0.4 is 15.4 Å². The zero-order chi connectivity index (χ0) is 24.0. The Morgan fingerprint density at radius 1 is 1.09 bits per heavy atom. The lowest BCUT2D eigenvalue weighted by Crippen LogP contribution is -2.25. The van der Waals surface area contributed by atoms with E-state index in [0.717, 1.165) is 22.7 Å². The van der Waals surface area contributed by atoms with E-state index in [1.807, 2.05) is 51.1 Å². The number of carbonyl (C=O) groups is 2. The first kappa shape index (κ1) is 24.3. The number of rotatable bonds is 9. The van der Waals surface area contributed by atoms with E-state index >= 15 is 0 Å². The number of ether oxygens (including phenoxy) is 1. The predicted octanol–water partition coefficient (Wildman–Crippen LogP) is 5.46. The molecule has 3 rings (SSSR count). The van der Waals surface area contributed by atoms with Crippen molar-refractivity contribution in [1.82, 2.24) is 9.78 Å². The molecular formula is C25H29ClN4O3. The second-order valence-electron chi connectivity index (χ2n) is 8.00. The van der Waals surface area contributed by atoms with Crippen LogP contribution in [-0.2, 0) is 9.59 Å². The van der Waals surface area contributed by atoms with Crippen LogP contribution in [0.1, 0.15) is 42.8 Å². The second-order valence-corrected chi connectivity index (χ2v) is 8.40. The van der Waals surface area contributed by atoms with Gasteiger partial charge in [0, 0.05) is 17.8 Å². The van der Waals surface area contributed by atoms with E-state index in [-0.39, 0.29) is 11.8 Å². The summed E-state index contributed by atoms with van der Waals surface area (Å²) in [4.78, 5) is 24.9. The normalized spacial score (nSPS) is 11.7. The molecule has 7 nitrogen and oxygen atoms in total. The third-order valence-electron chi connectivity index (χ3n) is 5.20. The zero-order valence-electron chi connectivity index (χ0n) is 19.3. The number of carbonyl (C=O) groups excluding carboxylic acids is 2. The molecule has 0 aliphatic rings. The van der Waals surface area contributed by atoms with Gasteiger partial charge in [-0.15, -0.1) is 0 Å². The molecule has 2 aromatic carbocycles. The van der Waals surface area contributed by atoms with Crippen LogP contribution in [0.5, 0.6) is 5.75 Å². The molecule has 8 heteroatoms. The number of aromatic nitrogens is 2. The van der Waals surface area contributed by atoms with E-state index in [0.29, 0.717) is 35.8 Å². The molecule has 0 aliphatic heterocycles. The van der Waals surface area contributed by atoms with Crippen molar-refractivity contribution in [3.05, 3.63) is 70.5 Å². The third-order valence-corrected chi connectivity index (χ3v) is 5.51. The van der Waals surface area contributed by atoms with E-state index in [1.54, 1.807) is 29.8 Å². The van der Waals surface area contributed by atoms with E-state index in [4.69, 9.17) is 16.3 Å². The molecule has 1 unspecified atom stereocenters. The van der Waals surface area contributed by atoms with Gasteiger partial charge in [0.05, 0.1) is 23.0 Å². The standard InChI is InChI=1S/C25H29ClN4O3/c1-16-8-5-6-9-23(16)33-13-7-10-24(31)27-20-11-12-22(21(26)15-20)28-25(32)19(4)30-18(3)14-17(2)29-30/h5-6,8-9,11-12,14-15,19H,7,10,13H2,1-4H3,(H,27,31)(H,28,32). The number of benzene rings is 2. The van der Waals surface area contributed by atoms with Crippen LogP contribution in [0.4, 0.5) is 11.4 Å². The number of aryl methyl sites for hydroxylation is 3. The van der Waals surface area contributed by atoms with Gasteiger partial charge in [-0.1, -0.05) is 29.8 Å². The largest absolute Gasteiger partial charge is 0.493 e. The van der Waals surface area contributed by atoms with E-state index in [1.165, 1.54) is 0 Å². The number of nitrogens with one attached hydrogen (secondary N) is 2.